The van der Waals surface area contributed by atoms with Crippen molar-refractivity contribution >= 4 is 61.6 Å². The van der Waals surface area contributed by atoms with Gasteiger partial charge in [0.1, 0.15) is 0 Å². The molecule has 0 spiro atoms. The van der Waals surface area contributed by atoms with Gasteiger partial charge in [-0.25, -0.2) is 0 Å². The van der Waals surface area contributed by atoms with Crippen molar-refractivity contribution in [1.82, 2.24) is 0 Å². The summed E-state index contributed by atoms with van der Waals surface area (Å²) >= 11 is 0.314. The van der Waals surface area contributed by atoms with Gasteiger partial charge in [0.15, 0.2) is 0 Å². The molecule has 0 aliphatic carbocycles. The van der Waals surface area contributed by atoms with E-state index in [-0.39, 0.29) is 0 Å². The van der Waals surface area contributed by atoms with Gasteiger partial charge in [-0.3, -0.25) is 0 Å². The summed E-state index contributed by atoms with van der Waals surface area (Å²) < 4.78 is 2.97. The fourth-order valence-electron chi connectivity index (χ4n) is 5.11. The third kappa shape index (κ3) is 3.63. The minimum absolute atomic E-state index is 0.314. The molecule has 36 heavy (non-hydrogen) atoms. The minimum atomic E-state index is 0.314. The maximum absolute atomic E-state index is 2.39. The van der Waals surface area contributed by atoms with Crippen molar-refractivity contribution in [2.45, 2.75) is 0 Å². The number of rotatable bonds is 4. The van der Waals surface area contributed by atoms with Crippen LogP contribution in [0.1, 0.15) is 0 Å². The van der Waals surface area contributed by atoms with Gasteiger partial charge in [-0.1, -0.05) is 0 Å². The number of anilines is 3. The molecule has 1 heterocycles. The first-order valence-corrected chi connectivity index (χ1v) is 13.9. The Morgan fingerprint density at radius 2 is 1.08 bits per heavy atom. The van der Waals surface area contributed by atoms with Crippen LogP contribution in [0, 0.1) is 0 Å². The first-order chi connectivity index (χ1) is 17.8. The maximum atomic E-state index is 2.39. The Hall–Kier alpha value is -4.10. The van der Waals surface area contributed by atoms with Crippen LogP contribution >= 0.6 is 0 Å². The van der Waals surface area contributed by atoms with Gasteiger partial charge in [-0.2, -0.15) is 0 Å². The predicted octanol–water partition coefficient (Wildman–Crippen LogP) is 9.34. The van der Waals surface area contributed by atoms with Crippen LogP contribution in [0.2, 0.25) is 0 Å². The SMILES string of the molecule is c1ccc(-c2cccc(N(c3ccccc3)c3ccc4ccc5c6ccccc6[se]c5c4c3)c2)cc1. The van der Waals surface area contributed by atoms with E-state index in [1.165, 1.54) is 46.9 Å². The summed E-state index contributed by atoms with van der Waals surface area (Å²) in [6, 6.07) is 50.5. The first-order valence-electron chi connectivity index (χ1n) is 12.2. The van der Waals surface area contributed by atoms with Crippen LogP contribution in [0.25, 0.3) is 41.2 Å². The van der Waals surface area contributed by atoms with Crippen molar-refractivity contribution in [3.8, 4) is 11.1 Å². The molecule has 2 heteroatoms. The van der Waals surface area contributed by atoms with Gasteiger partial charge in [-0.05, 0) is 0 Å². The quantitative estimate of drug-likeness (QED) is 0.207. The van der Waals surface area contributed by atoms with Gasteiger partial charge in [0.2, 0.25) is 0 Å². The van der Waals surface area contributed by atoms with E-state index in [4.69, 9.17) is 0 Å². The van der Waals surface area contributed by atoms with Crippen molar-refractivity contribution in [3.05, 3.63) is 140 Å². The normalized spacial score (nSPS) is 11.3. The molecule has 0 radical (unpaired) electrons. The second-order valence-electron chi connectivity index (χ2n) is 9.03. The van der Waals surface area contributed by atoms with Gasteiger partial charge in [0.05, 0.1) is 0 Å². The zero-order valence-corrected chi connectivity index (χ0v) is 21.3. The summed E-state index contributed by atoms with van der Waals surface area (Å²) in [4.78, 5) is 2.38. The summed E-state index contributed by atoms with van der Waals surface area (Å²) in [6.45, 7) is 0. The van der Waals surface area contributed by atoms with E-state index < -0.39 is 0 Å². The van der Waals surface area contributed by atoms with E-state index in [2.05, 4.69) is 144 Å². The molecular weight excluding hydrogens is 501 g/mol. The zero-order chi connectivity index (χ0) is 23.9. The summed E-state index contributed by atoms with van der Waals surface area (Å²) in [5.41, 5.74) is 5.93. The number of hydrogen-bond acceptors (Lipinski definition) is 1. The molecule has 0 aliphatic heterocycles. The second kappa shape index (κ2) is 8.84. The average Bonchev–Trinajstić information content (AvgIpc) is 3.34. The average molecular weight is 525 g/mol. The number of hydrogen-bond donors (Lipinski definition) is 0. The molecule has 0 saturated carbocycles. The molecule has 7 aromatic rings. The monoisotopic (exact) mass is 525 g/mol. The molecule has 0 amide bonds. The molecule has 0 N–H and O–H groups in total. The molecule has 7 rings (SSSR count). The van der Waals surface area contributed by atoms with Gasteiger partial charge in [0.25, 0.3) is 0 Å². The van der Waals surface area contributed by atoms with E-state index in [0.717, 1.165) is 11.4 Å². The second-order valence-corrected chi connectivity index (χ2v) is 11.2. The Kier molecular flexibility index (Phi) is 5.21. The summed E-state index contributed by atoms with van der Waals surface area (Å²) in [6.07, 6.45) is 0. The van der Waals surface area contributed by atoms with E-state index in [0.29, 0.717) is 14.5 Å². The third-order valence-corrected chi connectivity index (χ3v) is 9.39. The molecular formula is C34H23NSe. The fourth-order valence-corrected chi connectivity index (χ4v) is 7.69. The van der Waals surface area contributed by atoms with Crippen LogP contribution in [0.5, 0.6) is 0 Å². The Morgan fingerprint density at radius 3 is 1.94 bits per heavy atom. The van der Waals surface area contributed by atoms with Crippen LogP contribution in [-0.4, -0.2) is 14.5 Å². The summed E-state index contributed by atoms with van der Waals surface area (Å²) in [5.74, 6) is 0. The van der Waals surface area contributed by atoms with Crippen molar-refractivity contribution in [2.75, 3.05) is 4.90 Å². The van der Waals surface area contributed by atoms with Crippen LogP contribution in [0.15, 0.2) is 140 Å². The van der Waals surface area contributed by atoms with Gasteiger partial charge < -0.3 is 0 Å². The molecule has 0 aliphatic rings. The van der Waals surface area contributed by atoms with E-state index in [9.17, 15) is 0 Å². The van der Waals surface area contributed by atoms with Crippen molar-refractivity contribution in [1.29, 1.82) is 0 Å². The van der Waals surface area contributed by atoms with Crippen LogP contribution in [0.4, 0.5) is 17.1 Å². The van der Waals surface area contributed by atoms with Gasteiger partial charge >= 0.3 is 217 Å². The number of para-hydroxylation sites is 1. The van der Waals surface area contributed by atoms with Crippen LogP contribution < -0.4 is 4.90 Å². The molecule has 1 nitrogen and oxygen atoms in total. The van der Waals surface area contributed by atoms with Crippen LogP contribution in [0.3, 0.4) is 0 Å². The Balaban J connectivity index is 1.45. The molecule has 0 atom stereocenters. The first kappa shape index (κ1) is 21.2. The summed E-state index contributed by atoms with van der Waals surface area (Å²) in [5, 5.41) is 5.46. The molecule has 0 unspecified atom stereocenters. The third-order valence-electron chi connectivity index (χ3n) is 6.83. The molecule has 0 saturated heterocycles. The zero-order valence-electron chi connectivity index (χ0n) is 19.6. The molecule has 0 fully saturated rings. The van der Waals surface area contributed by atoms with E-state index in [1.54, 1.807) is 0 Å². The van der Waals surface area contributed by atoms with Gasteiger partial charge in [0, 0.05) is 0 Å². The fraction of sp³-hybridized carbons (Fsp3) is 0. The van der Waals surface area contributed by atoms with E-state index >= 15 is 0 Å². The molecule has 6 aromatic carbocycles. The van der Waals surface area contributed by atoms with Crippen molar-refractivity contribution in [2.24, 2.45) is 0 Å². The number of nitrogens with zero attached hydrogens (tertiary/aromatic N) is 1. The standard InChI is InChI=1S/C34H23NSe/c1-3-10-24(11-4-1)26-12-9-15-28(22-26)35(27-13-5-2-6-14-27)29-20-18-25-19-21-31-30-16-7-8-17-33(30)36-34(31)32(25)23-29/h1-23H. The van der Waals surface area contributed by atoms with Crippen molar-refractivity contribution in [3.63, 3.8) is 0 Å². The Labute approximate surface area is 216 Å². The predicted molar refractivity (Wildman–Crippen MR) is 156 cm³/mol. The number of fused-ring (bicyclic) bond motifs is 5. The molecule has 0 bridgehead atoms. The van der Waals surface area contributed by atoms with E-state index in [1.807, 2.05) is 0 Å². The van der Waals surface area contributed by atoms with Crippen LogP contribution in [-0.2, 0) is 0 Å². The number of benzene rings is 6. The summed E-state index contributed by atoms with van der Waals surface area (Å²) in [7, 11) is 0. The Bertz CT molecular complexity index is 1830. The Morgan fingerprint density at radius 1 is 0.417 bits per heavy atom. The van der Waals surface area contributed by atoms with Gasteiger partial charge in [-0.15, -0.1) is 0 Å². The molecule has 170 valence electrons. The topological polar surface area (TPSA) is 3.24 Å². The molecule has 1 aromatic heterocycles. The van der Waals surface area contributed by atoms with Crippen molar-refractivity contribution < 1.29 is 0 Å².